The minimum Gasteiger partial charge on any atom is -0.402 e. The topological polar surface area (TPSA) is 12.5 Å². The van der Waals surface area contributed by atoms with E-state index in [9.17, 15) is 0 Å². The Hall–Kier alpha value is -0.150. The van der Waals surface area contributed by atoms with Crippen LogP contribution >= 0.6 is 12.2 Å². The van der Waals surface area contributed by atoms with Gasteiger partial charge in [-0.15, -0.1) is 5.06 Å². The lowest BCUT2D eigenvalue weighted by Gasteiger charge is -2.13. The number of hydrogen-bond donors (Lipinski definition) is 0. The molecule has 0 aromatic heterocycles. The summed E-state index contributed by atoms with van der Waals surface area (Å²) in [6.07, 6.45) is 0. The fourth-order valence-corrected chi connectivity index (χ4v) is 0.555. The molecule has 3 heteroatoms. The maximum absolute atomic E-state index is 4.86. The molecule has 0 saturated carbocycles. The van der Waals surface area contributed by atoms with Gasteiger partial charge in [0.15, 0.2) is 5.55 Å². The molecule has 0 unspecified atom stereocenters. The standard InChI is InChI=1S/C5H11NOS/c1-3-6(4-2)7-5-8/h5H,3-4H2,1-2H3. The second kappa shape index (κ2) is 5.00. The van der Waals surface area contributed by atoms with Crippen molar-refractivity contribution in [1.82, 2.24) is 5.06 Å². The van der Waals surface area contributed by atoms with Crippen LogP contribution in [0.25, 0.3) is 0 Å². The molecule has 0 atom stereocenters. The monoisotopic (exact) mass is 133 g/mol. The summed E-state index contributed by atoms with van der Waals surface area (Å²) < 4.78 is 0. The van der Waals surface area contributed by atoms with Gasteiger partial charge in [-0.1, -0.05) is 0 Å². The van der Waals surface area contributed by atoms with Gasteiger partial charge < -0.3 is 4.84 Å². The molecule has 0 aromatic rings. The lowest BCUT2D eigenvalue weighted by atomic mass is 10.6. The van der Waals surface area contributed by atoms with E-state index in [4.69, 9.17) is 4.84 Å². The summed E-state index contributed by atoms with van der Waals surface area (Å²) in [5.41, 5.74) is 1.27. The van der Waals surface area contributed by atoms with Crippen LogP contribution in [0.3, 0.4) is 0 Å². The molecule has 0 aliphatic carbocycles. The average Bonchev–Trinajstić information content (AvgIpc) is 1.83. The van der Waals surface area contributed by atoms with E-state index >= 15 is 0 Å². The Morgan fingerprint density at radius 3 is 2.12 bits per heavy atom. The van der Waals surface area contributed by atoms with E-state index in [2.05, 4.69) is 12.2 Å². The molecule has 0 bridgehead atoms. The van der Waals surface area contributed by atoms with Gasteiger partial charge in [-0.05, 0) is 26.1 Å². The molecule has 0 radical (unpaired) electrons. The first-order valence-corrected chi connectivity index (χ1v) is 3.17. The van der Waals surface area contributed by atoms with Gasteiger partial charge in [-0.25, -0.2) is 0 Å². The molecule has 0 aromatic carbocycles. The summed E-state index contributed by atoms with van der Waals surface area (Å²) in [5, 5.41) is 1.77. The number of hydrogen-bond acceptors (Lipinski definition) is 3. The van der Waals surface area contributed by atoms with Crippen molar-refractivity contribution >= 4 is 17.8 Å². The number of hydroxylamine groups is 2. The Morgan fingerprint density at radius 1 is 1.50 bits per heavy atom. The molecular weight excluding hydrogens is 122 g/mol. The van der Waals surface area contributed by atoms with Gasteiger partial charge in [0.25, 0.3) is 0 Å². The molecule has 48 valence electrons. The van der Waals surface area contributed by atoms with Gasteiger partial charge in [-0.2, -0.15) is 0 Å². The fourth-order valence-electron chi connectivity index (χ4n) is 0.434. The highest BCUT2D eigenvalue weighted by atomic mass is 32.1. The van der Waals surface area contributed by atoms with Crippen molar-refractivity contribution in [2.45, 2.75) is 13.8 Å². The molecule has 0 spiro atoms. The molecule has 0 aliphatic heterocycles. The normalized spacial score (nSPS) is 9.38. The first-order valence-electron chi connectivity index (χ1n) is 2.70. The van der Waals surface area contributed by atoms with E-state index in [-0.39, 0.29) is 0 Å². The Balaban J connectivity index is 3.20. The van der Waals surface area contributed by atoms with Crippen LogP contribution in [0, 0.1) is 0 Å². The predicted molar refractivity (Wildman–Crippen MR) is 37.7 cm³/mol. The van der Waals surface area contributed by atoms with Crippen LogP contribution in [0.15, 0.2) is 0 Å². The molecule has 0 amide bonds. The van der Waals surface area contributed by atoms with Crippen molar-refractivity contribution in [2.24, 2.45) is 0 Å². The first-order chi connectivity index (χ1) is 3.85. The van der Waals surface area contributed by atoms with Crippen molar-refractivity contribution in [1.29, 1.82) is 0 Å². The third kappa shape index (κ3) is 2.93. The zero-order chi connectivity index (χ0) is 6.41. The Kier molecular flexibility index (Phi) is 4.90. The zero-order valence-electron chi connectivity index (χ0n) is 5.26. The van der Waals surface area contributed by atoms with Crippen LogP contribution in [0.4, 0.5) is 0 Å². The molecule has 0 saturated heterocycles. The lowest BCUT2D eigenvalue weighted by molar-refractivity contribution is -0.0532. The van der Waals surface area contributed by atoms with Gasteiger partial charge in [0.05, 0.1) is 0 Å². The average molecular weight is 133 g/mol. The summed E-state index contributed by atoms with van der Waals surface area (Å²) in [4.78, 5) is 4.86. The van der Waals surface area contributed by atoms with Crippen molar-refractivity contribution < 1.29 is 4.84 Å². The minimum atomic E-state index is 0.879. The molecule has 8 heavy (non-hydrogen) atoms. The Bertz CT molecular complexity index is 63.4. The predicted octanol–water partition coefficient (Wildman–Crippen LogP) is 1.22. The minimum absolute atomic E-state index is 0.879. The lowest BCUT2D eigenvalue weighted by Crippen LogP contribution is -2.21. The maximum atomic E-state index is 4.86. The van der Waals surface area contributed by atoms with Gasteiger partial charge in [0, 0.05) is 13.1 Å². The van der Waals surface area contributed by atoms with Crippen molar-refractivity contribution in [2.75, 3.05) is 13.1 Å². The highest BCUT2D eigenvalue weighted by Crippen LogP contribution is 1.84. The van der Waals surface area contributed by atoms with E-state index in [1.807, 2.05) is 13.8 Å². The van der Waals surface area contributed by atoms with Gasteiger partial charge in [0.1, 0.15) is 0 Å². The summed E-state index contributed by atoms with van der Waals surface area (Å²) >= 11 is 4.47. The van der Waals surface area contributed by atoms with Crippen LogP contribution in [0.1, 0.15) is 13.8 Å². The van der Waals surface area contributed by atoms with E-state index in [1.54, 1.807) is 5.06 Å². The van der Waals surface area contributed by atoms with Crippen molar-refractivity contribution in [3.63, 3.8) is 0 Å². The number of nitrogens with zero attached hydrogens (tertiary/aromatic N) is 1. The molecule has 0 aliphatic rings. The smallest absolute Gasteiger partial charge is 0.174 e. The number of thiocarbonyl (C=S) groups is 1. The molecular formula is C5H11NOS. The maximum Gasteiger partial charge on any atom is 0.174 e. The van der Waals surface area contributed by atoms with E-state index in [0.29, 0.717) is 0 Å². The Labute approximate surface area is 55.4 Å². The molecule has 2 nitrogen and oxygen atoms in total. The first kappa shape index (κ1) is 7.85. The quantitative estimate of drug-likeness (QED) is 0.422. The largest absolute Gasteiger partial charge is 0.402 e. The Morgan fingerprint density at radius 2 is 2.00 bits per heavy atom. The molecule has 0 N–H and O–H groups in total. The summed E-state index contributed by atoms with van der Waals surface area (Å²) in [7, 11) is 0. The van der Waals surface area contributed by atoms with E-state index in [1.165, 1.54) is 5.55 Å². The second-order valence-corrected chi connectivity index (χ2v) is 1.51. The van der Waals surface area contributed by atoms with Gasteiger partial charge in [0.2, 0.25) is 0 Å². The van der Waals surface area contributed by atoms with Crippen LogP contribution in [0.5, 0.6) is 0 Å². The van der Waals surface area contributed by atoms with Crippen LogP contribution in [-0.4, -0.2) is 23.7 Å². The molecule has 0 fully saturated rings. The molecule has 0 heterocycles. The van der Waals surface area contributed by atoms with Crippen LogP contribution < -0.4 is 0 Å². The summed E-state index contributed by atoms with van der Waals surface area (Å²) in [6, 6.07) is 0. The van der Waals surface area contributed by atoms with Crippen molar-refractivity contribution in [3.8, 4) is 0 Å². The van der Waals surface area contributed by atoms with Gasteiger partial charge in [-0.3, -0.25) is 0 Å². The zero-order valence-corrected chi connectivity index (χ0v) is 6.07. The number of rotatable bonds is 4. The fraction of sp³-hybridized carbons (Fsp3) is 0.800. The van der Waals surface area contributed by atoms with E-state index in [0.717, 1.165) is 13.1 Å². The van der Waals surface area contributed by atoms with E-state index < -0.39 is 0 Å². The second-order valence-electron chi connectivity index (χ2n) is 1.32. The third-order valence-corrected chi connectivity index (χ3v) is 0.984. The summed E-state index contributed by atoms with van der Waals surface area (Å²) in [6.45, 7) is 5.79. The van der Waals surface area contributed by atoms with Crippen LogP contribution in [-0.2, 0) is 4.84 Å². The summed E-state index contributed by atoms with van der Waals surface area (Å²) in [5.74, 6) is 0. The molecule has 0 rings (SSSR count). The van der Waals surface area contributed by atoms with Crippen LogP contribution in [0.2, 0.25) is 0 Å². The van der Waals surface area contributed by atoms with Gasteiger partial charge >= 0.3 is 0 Å². The van der Waals surface area contributed by atoms with Crippen molar-refractivity contribution in [3.05, 3.63) is 0 Å². The highest BCUT2D eigenvalue weighted by Gasteiger charge is 1.92. The highest BCUT2D eigenvalue weighted by molar-refractivity contribution is 7.78. The SMILES string of the molecule is CCN(CC)OC=S. The third-order valence-electron chi connectivity index (χ3n) is 0.898.